The van der Waals surface area contributed by atoms with Crippen LogP contribution in [0.3, 0.4) is 0 Å². The number of nitrogens with zero attached hydrogens (tertiary/aromatic N) is 2. The highest BCUT2D eigenvalue weighted by Gasteiger charge is 2.21. The molecular formula is C15H20N2O3. The summed E-state index contributed by atoms with van der Waals surface area (Å²) in [7, 11) is 3.19. The van der Waals surface area contributed by atoms with Crippen molar-refractivity contribution in [1.82, 2.24) is 9.78 Å². The molecule has 1 unspecified atom stereocenters. The van der Waals surface area contributed by atoms with E-state index in [4.69, 9.17) is 9.47 Å². The van der Waals surface area contributed by atoms with Gasteiger partial charge in [0.1, 0.15) is 17.5 Å². The number of aryl methyl sites for hydroxylation is 2. The third kappa shape index (κ3) is 2.49. The van der Waals surface area contributed by atoms with Crippen molar-refractivity contribution in [1.29, 1.82) is 0 Å². The van der Waals surface area contributed by atoms with Crippen molar-refractivity contribution in [2.45, 2.75) is 26.5 Å². The van der Waals surface area contributed by atoms with Gasteiger partial charge in [0.2, 0.25) is 0 Å². The number of hydrogen-bond donors (Lipinski definition) is 1. The quantitative estimate of drug-likeness (QED) is 0.910. The van der Waals surface area contributed by atoms with Gasteiger partial charge in [-0.15, -0.1) is 0 Å². The first-order chi connectivity index (χ1) is 9.62. The smallest absolute Gasteiger partial charge is 0.163 e. The molecule has 0 amide bonds. The minimum absolute atomic E-state index is 0.582. The second-order valence-electron chi connectivity index (χ2n) is 4.55. The van der Waals surface area contributed by atoms with Crippen molar-refractivity contribution in [3.8, 4) is 11.5 Å². The van der Waals surface area contributed by atoms with Crippen LogP contribution in [0.15, 0.2) is 24.4 Å². The summed E-state index contributed by atoms with van der Waals surface area (Å²) < 4.78 is 12.3. The molecule has 0 bridgehead atoms. The highest BCUT2D eigenvalue weighted by molar-refractivity contribution is 5.41. The molecule has 1 aromatic carbocycles. The molecule has 5 nitrogen and oxygen atoms in total. The number of aromatic nitrogens is 2. The van der Waals surface area contributed by atoms with Crippen LogP contribution in [-0.2, 0) is 6.54 Å². The molecule has 2 rings (SSSR count). The largest absolute Gasteiger partial charge is 0.496 e. The normalized spacial score (nSPS) is 12.2. The van der Waals surface area contributed by atoms with Crippen molar-refractivity contribution < 1.29 is 14.6 Å². The Balaban J connectivity index is 2.45. The Labute approximate surface area is 118 Å². The van der Waals surface area contributed by atoms with Crippen LogP contribution in [0.5, 0.6) is 11.5 Å². The summed E-state index contributed by atoms with van der Waals surface area (Å²) in [5.41, 5.74) is 2.43. The van der Waals surface area contributed by atoms with Crippen LogP contribution < -0.4 is 9.47 Å². The Morgan fingerprint density at radius 3 is 2.55 bits per heavy atom. The van der Waals surface area contributed by atoms with Gasteiger partial charge >= 0.3 is 0 Å². The maximum atomic E-state index is 10.6. The Hall–Kier alpha value is -2.01. The lowest BCUT2D eigenvalue weighted by Gasteiger charge is -2.16. The van der Waals surface area contributed by atoms with Gasteiger partial charge in [-0.2, -0.15) is 5.10 Å². The van der Waals surface area contributed by atoms with E-state index in [0.717, 1.165) is 16.9 Å². The molecule has 1 aromatic heterocycles. The zero-order chi connectivity index (χ0) is 14.7. The first-order valence-corrected chi connectivity index (χ1v) is 6.54. The lowest BCUT2D eigenvalue weighted by atomic mass is 10.0. The van der Waals surface area contributed by atoms with E-state index in [1.807, 2.05) is 32.0 Å². The average Bonchev–Trinajstić information content (AvgIpc) is 2.89. The van der Waals surface area contributed by atoms with Gasteiger partial charge in [0, 0.05) is 6.54 Å². The zero-order valence-corrected chi connectivity index (χ0v) is 12.3. The number of hydrogen-bond acceptors (Lipinski definition) is 4. The highest BCUT2D eigenvalue weighted by Crippen LogP contribution is 2.32. The SMILES string of the molecule is CCn1ncc(OC)c1C(O)c1ccc(C)c(OC)c1. The van der Waals surface area contributed by atoms with Crippen LogP contribution in [0, 0.1) is 6.92 Å². The van der Waals surface area contributed by atoms with Crippen molar-refractivity contribution in [3.05, 3.63) is 41.2 Å². The summed E-state index contributed by atoms with van der Waals surface area (Å²) in [5.74, 6) is 1.34. The minimum Gasteiger partial charge on any atom is -0.496 e. The molecule has 0 fully saturated rings. The van der Waals surface area contributed by atoms with Gasteiger partial charge in [-0.25, -0.2) is 0 Å². The van der Waals surface area contributed by atoms with Gasteiger partial charge in [0.15, 0.2) is 5.75 Å². The zero-order valence-electron chi connectivity index (χ0n) is 12.3. The number of rotatable bonds is 5. The van der Waals surface area contributed by atoms with E-state index in [2.05, 4.69) is 5.10 Å². The van der Waals surface area contributed by atoms with Crippen molar-refractivity contribution in [2.24, 2.45) is 0 Å². The fourth-order valence-electron chi connectivity index (χ4n) is 2.23. The second-order valence-corrected chi connectivity index (χ2v) is 4.55. The maximum absolute atomic E-state index is 10.6. The number of benzene rings is 1. The van der Waals surface area contributed by atoms with Gasteiger partial charge in [-0.1, -0.05) is 12.1 Å². The highest BCUT2D eigenvalue weighted by atomic mass is 16.5. The fourth-order valence-corrected chi connectivity index (χ4v) is 2.23. The van der Waals surface area contributed by atoms with E-state index in [-0.39, 0.29) is 0 Å². The number of ether oxygens (including phenoxy) is 2. The monoisotopic (exact) mass is 276 g/mol. The number of aliphatic hydroxyl groups is 1. The van der Waals surface area contributed by atoms with Crippen LogP contribution in [0.2, 0.25) is 0 Å². The third-order valence-corrected chi connectivity index (χ3v) is 3.37. The molecule has 1 N–H and O–H groups in total. The molecule has 0 aliphatic rings. The first-order valence-electron chi connectivity index (χ1n) is 6.54. The third-order valence-electron chi connectivity index (χ3n) is 3.37. The van der Waals surface area contributed by atoms with Gasteiger partial charge in [0.05, 0.1) is 20.4 Å². The van der Waals surface area contributed by atoms with Gasteiger partial charge in [0.25, 0.3) is 0 Å². The first kappa shape index (κ1) is 14.4. The molecule has 0 saturated carbocycles. The van der Waals surface area contributed by atoms with E-state index in [0.29, 0.717) is 18.0 Å². The Morgan fingerprint density at radius 2 is 1.95 bits per heavy atom. The molecule has 1 heterocycles. The molecule has 0 radical (unpaired) electrons. The van der Waals surface area contributed by atoms with Crippen LogP contribution in [0.1, 0.15) is 29.8 Å². The van der Waals surface area contributed by atoms with E-state index >= 15 is 0 Å². The molecule has 108 valence electrons. The summed E-state index contributed by atoms with van der Waals surface area (Å²) >= 11 is 0. The van der Waals surface area contributed by atoms with E-state index in [1.54, 1.807) is 25.1 Å². The van der Waals surface area contributed by atoms with Gasteiger partial charge < -0.3 is 14.6 Å². The minimum atomic E-state index is -0.804. The lowest BCUT2D eigenvalue weighted by molar-refractivity contribution is 0.202. The molecule has 2 aromatic rings. The fraction of sp³-hybridized carbons (Fsp3) is 0.400. The Morgan fingerprint density at radius 1 is 1.25 bits per heavy atom. The summed E-state index contributed by atoms with van der Waals surface area (Å²) in [5, 5.41) is 14.8. The lowest BCUT2D eigenvalue weighted by Crippen LogP contribution is -2.10. The number of aliphatic hydroxyl groups excluding tert-OH is 1. The van der Waals surface area contributed by atoms with Crippen molar-refractivity contribution in [2.75, 3.05) is 14.2 Å². The van der Waals surface area contributed by atoms with Crippen LogP contribution >= 0.6 is 0 Å². The molecule has 20 heavy (non-hydrogen) atoms. The maximum Gasteiger partial charge on any atom is 0.163 e. The van der Waals surface area contributed by atoms with E-state index < -0.39 is 6.10 Å². The predicted molar refractivity (Wildman–Crippen MR) is 76.2 cm³/mol. The summed E-state index contributed by atoms with van der Waals surface area (Å²) in [6, 6.07) is 5.65. The Bertz CT molecular complexity index is 571. The molecule has 0 saturated heterocycles. The van der Waals surface area contributed by atoms with Crippen LogP contribution in [0.25, 0.3) is 0 Å². The van der Waals surface area contributed by atoms with E-state index in [9.17, 15) is 5.11 Å². The summed E-state index contributed by atoms with van der Waals surface area (Å²) in [4.78, 5) is 0. The molecule has 0 aliphatic carbocycles. The van der Waals surface area contributed by atoms with E-state index in [1.165, 1.54) is 0 Å². The molecule has 0 spiro atoms. The van der Waals surface area contributed by atoms with Gasteiger partial charge in [-0.3, -0.25) is 4.68 Å². The molecular weight excluding hydrogens is 256 g/mol. The predicted octanol–water partition coefficient (Wildman–Crippen LogP) is 2.31. The molecule has 0 aliphatic heterocycles. The van der Waals surface area contributed by atoms with Crippen molar-refractivity contribution >= 4 is 0 Å². The van der Waals surface area contributed by atoms with Crippen molar-refractivity contribution in [3.63, 3.8) is 0 Å². The molecule has 1 atom stereocenters. The van der Waals surface area contributed by atoms with Crippen LogP contribution in [0.4, 0.5) is 0 Å². The van der Waals surface area contributed by atoms with Crippen LogP contribution in [-0.4, -0.2) is 29.1 Å². The topological polar surface area (TPSA) is 56.5 Å². The molecule has 5 heteroatoms. The Kier molecular flexibility index (Phi) is 4.29. The summed E-state index contributed by atoms with van der Waals surface area (Å²) in [6.07, 6.45) is 0.815. The summed E-state index contributed by atoms with van der Waals surface area (Å²) in [6.45, 7) is 4.60. The number of methoxy groups -OCH3 is 2. The second kappa shape index (κ2) is 5.96. The average molecular weight is 276 g/mol. The standard InChI is InChI=1S/C15H20N2O3/c1-5-17-14(13(20-4)9-16-17)15(18)11-7-6-10(2)12(8-11)19-3/h6-9,15,18H,5H2,1-4H3. The van der Waals surface area contributed by atoms with Gasteiger partial charge in [-0.05, 0) is 31.0 Å².